The summed E-state index contributed by atoms with van der Waals surface area (Å²) in [6.07, 6.45) is 3.38. The molecule has 25 heavy (non-hydrogen) atoms. The molecule has 4 nitrogen and oxygen atoms in total. The summed E-state index contributed by atoms with van der Waals surface area (Å²) >= 11 is 0. The average Bonchev–Trinajstić information content (AvgIpc) is 2.97. The van der Waals surface area contributed by atoms with Crippen LogP contribution in [0, 0.1) is 5.92 Å². The number of carbonyl (C=O) groups is 1. The molecule has 0 spiro atoms. The first-order valence-corrected chi connectivity index (χ1v) is 8.40. The molecule has 0 aliphatic heterocycles. The Kier molecular flexibility index (Phi) is 4.98. The maximum absolute atomic E-state index is 12.4. The second-order valence-corrected chi connectivity index (χ2v) is 6.39. The van der Waals surface area contributed by atoms with Gasteiger partial charge in [-0.05, 0) is 54.5 Å². The molecule has 0 atom stereocenters. The Balaban J connectivity index is 1.90. The summed E-state index contributed by atoms with van der Waals surface area (Å²) in [7, 11) is 1.61. The number of hydrogen-bond donors (Lipinski definition) is 0. The molecule has 0 amide bonds. The van der Waals surface area contributed by atoms with Crippen LogP contribution in [0.3, 0.4) is 0 Å². The van der Waals surface area contributed by atoms with Crippen molar-refractivity contribution in [1.82, 2.24) is 9.55 Å². The number of allylic oxidation sites excluding steroid dienone is 1. The summed E-state index contributed by atoms with van der Waals surface area (Å²) in [6, 6.07) is 15.2. The predicted molar refractivity (Wildman–Crippen MR) is 101 cm³/mol. The zero-order chi connectivity index (χ0) is 17.8. The first-order chi connectivity index (χ1) is 12.1. The monoisotopic (exact) mass is 334 g/mol. The van der Waals surface area contributed by atoms with E-state index >= 15 is 0 Å². The highest BCUT2D eigenvalue weighted by Gasteiger charge is 2.10. The van der Waals surface area contributed by atoms with Gasteiger partial charge in [0.25, 0.3) is 0 Å². The van der Waals surface area contributed by atoms with Crippen LogP contribution >= 0.6 is 0 Å². The number of hydrogen-bond acceptors (Lipinski definition) is 3. The summed E-state index contributed by atoms with van der Waals surface area (Å²) in [5.74, 6) is 1.98. The van der Waals surface area contributed by atoms with Crippen LogP contribution in [0.5, 0.6) is 5.75 Å². The lowest BCUT2D eigenvalue weighted by atomic mass is 10.1. The molecule has 4 heteroatoms. The van der Waals surface area contributed by atoms with Crippen molar-refractivity contribution in [2.24, 2.45) is 5.92 Å². The van der Waals surface area contributed by atoms with Crippen LogP contribution in [0.1, 0.15) is 30.0 Å². The number of ether oxygens (including phenoxy) is 1. The topological polar surface area (TPSA) is 44.1 Å². The van der Waals surface area contributed by atoms with E-state index in [2.05, 4.69) is 29.5 Å². The zero-order valence-electron chi connectivity index (χ0n) is 14.8. The number of fused-ring (bicyclic) bond motifs is 1. The fourth-order valence-electron chi connectivity index (χ4n) is 2.78. The van der Waals surface area contributed by atoms with Crippen LogP contribution < -0.4 is 4.74 Å². The summed E-state index contributed by atoms with van der Waals surface area (Å²) in [5, 5.41) is 0. The van der Waals surface area contributed by atoms with Crippen molar-refractivity contribution in [3.8, 4) is 5.75 Å². The highest BCUT2D eigenvalue weighted by Crippen LogP contribution is 2.19. The summed E-state index contributed by atoms with van der Waals surface area (Å²) < 4.78 is 7.29. The van der Waals surface area contributed by atoms with E-state index in [0.29, 0.717) is 11.5 Å². The van der Waals surface area contributed by atoms with E-state index in [0.717, 1.165) is 29.2 Å². The Morgan fingerprint density at radius 2 is 1.88 bits per heavy atom. The molecule has 1 heterocycles. The third-order valence-corrected chi connectivity index (χ3v) is 3.99. The number of benzene rings is 2. The van der Waals surface area contributed by atoms with E-state index in [1.54, 1.807) is 43.5 Å². The molecular weight excluding hydrogens is 312 g/mol. The van der Waals surface area contributed by atoms with Gasteiger partial charge in [0, 0.05) is 12.1 Å². The van der Waals surface area contributed by atoms with Gasteiger partial charge in [-0.1, -0.05) is 26.0 Å². The number of aromatic nitrogens is 2. The minimum atomic E-state index is -0.0502. The molecule has 2 aromatic carbocycles. The van der Waals surface area contributed by atoms with Crippen LogP contribution in [0.25, 0.3) is 17.1 Å². The SMILES string of the molecule is COc1ccc(C(=O)/C=C/c2nc3ccccc3n2CC(C)C)cc1. The fourth-order valence-corrected chi connectivity index (χ4v) is 2.78. The van der Waals surface area contributed by atoms with Crippen molar-refractivity contribution in [3.05, 3.63) is 66.0 Å². The fraction of sp³-hybridized carbons (Fsp3) is 0.238. The van der Waals surface area contributed by atoms with E-state index in [4.69, 9.17) is 4.74 Å². The number of para-hydroxylation sites is 2. The van der Waals surface area contributed by atoms with Gasteiger partial charge in [0.05, 0.1) is 18.1 Å². The average molecular weight is 334 g/mol. The van der Waals surface area contributed by atoms with Crippen LogP contribution in [-0.2, 0) is 6.54 Å². The zero-order valence-corrected chi connectivity index (χ0v) is 14.8. The number of ketones is 1. The second kappa shape index (κ2) is 7.34. The van der Waals surface area contributed by atoms with Crippen molar-refractivity contribution in [3.63, 3.8) is 0 Å². The minimum Gasteiger partial charge on any atom is -0.497 e. The van der Waals surface area contributed by atoms with Crippen LogP contribution in [0.2, 0.25) is 0 Å². The van der Waals surface area contributed by atoms with E-state index in [9.17, 15) is 4.79 Å². The lowest BCUT2D eigenvalue weighted by Gasteiger charge is -2.09. The van der Waals surface area contributed by atoms with E-state index in [-0.39, 0.29) is 5.78 Å². The molecule has 0 aliphatic carbocycles. The third-order valence-electron chi connectivity index (χ3n) is 3.99. The second-order valence-electron chi connectivity index (χ2n) is 6.39. The first-order valence-electron chi connectivity index (χ1n) is 8.40. The van der Waals surface area contributed by atoms with Gasteiger partial charge < -0.3 is 9.30 Å². The molecule has 0 aliphatic rings. The summed E-state index contributed by atoms with van der Waals surface area (Å²) in [6.45, 7) is 5.20. The van der Waals surface area contributed by atoms with Crippen molar-refractivity contribution in [2.45, 2.75) is 20.4 Å². The lowest BCUT2D eigenvalue weighted by molar-refractivity contribution is 0.104. The molecule has 3 rings (SSSR count). The molecule has 0 unspecified atom stereocenters. The Labute approximate surface area is 147 Å². The molecule has 0 bridgehead atoms. The standard InChI is InChI=1S/C21H22N2O2/c1-15(2)14-23-19-7-5-4-6-18(19)22-21(23)13-12-20(24)16-8-10-17(25-3)11-9-16/h4-13,15H,14H2,1-3H3/b13-12+. The molecule has 0 radical (unpaired) electrons. The first kappa shape index (κ1) is 17.0. The van der Waals surface area contributed by atoms with Gasteiger partial charge in [0.2, 0.25) is 0 Å². The largest absolute Gasteiger partial charge is 0.497 e. The third kappa shape index (κ3) is 3.79. The van der Waals surface area contributed by atoms with Crippen LogP contribution in [-0.4, -0.2) is 22.4 Å². The van der Waals surface area contributed by atoms with Crippen molar-refractivity contribution in [2.75, 3.05) is 7.11 Å². The molecule has 128 valence electrons. The van der Waals surface area contributed by atoms with E-state index in [1.807, 2.05) is 18.2 Å². The molecular formula is C21H22N2O2. The van der Waals surface area contributed by atoms with Gasteiger partial charge in [-0.3, -0.25) is 4.79 Å². The predicted octanol–water partition coefficient (Wildman–Crippen LogP) is 4.60. The van der Waals surface area contributed by atoms with Crippen molar-refractivity contribution in [1.29, 1.82) is 0 Å². The molecule has 0 saturated carbocycles. The minimum absolute atomic E-state index is 0.0502. The highest BCUT2D eigenvalue weighted by molar-refractivity contribution is 6.06. The quantitative estimate of drug-likeness (QED) is 0.489. The van der Waals surface area contributed by atoms with Gasteiger partial charge in [0.15, 0.2) is 5.78 Å². The highest BCUT2D eigenvalue weighted by atomic mass is 16.5. The van der Waals surface area contributed by atoms with Crippen molar-refractivity contribution >= 4 is 22.9 Å². The van der Waals surface area contributed by atoms with E-state index < -0.39 is 0 Å². The molecule has 1 aromatic heterocycles. The Bertz CT molecular complexity index is 905. The van der Waals surface area contributed by atoms with Gasteiger partial charge in [0.1, 0.15) is 11.6 Å². The smallest absolute Gasteiger partial charge is 0.185 e. The maximum Gasteiger partial charge on any atom is 0.185 e. The number of rotatable bonds is 6. The van der Waals surface area contributed by atoms with Gasteiger partial charge >= 0.3 is 0 Å². The van der Waals surface area contributed by atoms with Crippen molar-refractivity contribution < 1.29 is 9.53 Å². The Morgan fingerprint density at radius 3 is 2.56 bits per heavy atom. The Hall–Kier alpha value is -2.88. The normalized spacial score (nSPS) is 11.5. The lowest BCUT2D eigenvalue weighted by Crippen LogP contribution is -2.06. The van der Waals surface area contributed by atoms with E-state index in [1.165, 1.54) is 0 Å². The number of carbonyl (C=O) groups excluding carboxylic acids is 1. The maximum atomic E-state index is 12.4. The van der Waals surface area contributed by atoms with Gasteiger partial charge in [-0.2, -0.15) is 0 Å². The van der Waals surface area contributed by atoms with Gasteiger partial charge in [-0.25, -0.2) is 4.98 Å². The summed E-state index contributed by atoms with van der Waals surface area (Å²) in [5.41, 5.74) is 2.66. The number of imidazole rings is 1. The molecule has 3 aromatic rings. The van der Waals surface area contributed by atoms with Gasteiger partial charge in [-0.15, -0.1) is 0 Å². The molecule has 0 saturated heterocycles. The summed E-state index contributed by atoms with van der Waals surface area (Å²) in [4.78, 5) is 17.1. The number of methoxy groups -OCH3 is 1. The molecule has 0 N–H and O–H groups in total. The Morgan fingerprint density at radius 1 is 1.16 bits per heavy atom. The molecule has 0 fully saturated rings. The number of nitrogens with zero attached hydrogens (tertiary/aromatic N) is 2. The van der Waals surface area contributed by atoms with Crippen LogP contribution in [0.15, 0.2) is 54.6 Å². The van der Waals surface area contributed by atoms with Crippen LogP contribution in [0.4, 0.5) is 0 Å².